The Morgan fingerprint density at radius 2 is 2.12 bits per heavy atom. The highest BCUT2D eigenvalue weighted by Crippen LogP contribution is 2.25. The summed E-state index contributed by atoms with van der Waals surface area (Å²) in [6, 6.07) is 8.82. The van der Waals surface area contributed by atoms with Gasteiger partial charge in [0, 0.05) is 38.0 Å². The SMILES string of the molecule is CCNC(=NCc1cccc(CN2CCOCC2)c1)NCC1CCCS1. The molecule has 0 aliphatic carbocycles. The molecule has 3 rings (SSSR count). The van der Waals surface area contributed by atoms with Crippen LogP contribution in [0.5, 0.6) is 0 Å². The lowest BCUT2D eigenvalue weighted by atomic mass is 10.1. The number of guanidine groups is 1. The zero-order valence-electron chi connectivity index (χ0n) is 15.9. The van der Waals surface area contributed by atoms with Gasteiger partial charge >= 0.3 is 0 Å². The molecule has 0 amide bonds. The fourth-order valence-corrected chi connectivity index (χ4v) is 4.57. The highest BCUT2D eigenvalue weighted by Gasteiger charge is 2.15. The van der Waals surface area contributed by atoms with Crippen molar-refractivity contribution >= 4 is 17.7 Å². The largest absolute Gasteiger partial charge is 0.379 e. The van der Waals surface area contributed by atoms with Crippen LogP contribution in [-0.2, 0) is 17.8 Å². The molecule has 0 bridgehead atoms. The van der Waals surface area contributed by atoms with Crippen molar-refractivity contribution in [3.63, 3.8) is 0 Å². The van der Waals surface area contributed by atoms with E-state index in [0.717, 1.165) is 57.1 Å². The van der Waals surface area contributed by atoms with E-state index in [4.69, 9.17) is 9.73 Å². The minimum Gasteiger partial charge on any atom is -0.379 e. The maximum atomic E-state index is 5.43. The molecule has 1 unspecified atom stereocenters. The minimum atomic E-state index is 0.712. The van der Waals surface area contributed by atoms with E-state index in [1.165, 1.54) is 29.7 Å². The van der Waals surface area contributed by atoms with Crippen molar-refractivity contribution in [3.8, 4) is 0 Å². The van der Waals surface area contributed by atoms with Crippen LogP contribution in [-0.4, -0.2) is 61.3 Å². The molecule has 2 aliphatic rings. The molecule has 144 valence electrons. The Bertz CT molecular complexity index is 569. The third kappa shape index (κ3) is 6.49. The van der Waals surface area contributed by atoms with E-state index >= 15 is 0 Å². The van der Waals surface area contributed by atoms with Gasteiger partial charge in [0.15, 0.2) is 5.96 Å². The highest BCUT2D eigenvalue weighted by molar-refractivity contribution is 8.00. The normalized spacial score (nSPS) is 21.7. The first-order chi connectivity index (χ1) is 12.8. The maximum Gasteiger partial charge on any atom is 0.191 e. The average molecular weight is 377 g/mol. The Morgan fingerprint density at radius 1 is 1.27 bits per heavy atom. The Kier molecular flexibility index (Phi) is 8.11. The molecule has 0 spiro atoms. The molecule has 5 nitrogen and oxygen atoms in total. The molecule has 0 aromatic heterocycles. The number of nitrogens with zero attached hydrogens (tertiary/aromatic N) is 2. The summed E-state index contributed by atoms with van der Waals surface area (Å²) < 4.78 is 5.43. The van der Waals surface area contributed by atoms with Gasteiger partial charge in [0.05, 0.1) is 19.8 Å². The van der Waals surface area contributed by atoms with Crippen LogP contribution in [0.25, 0.3) is 0 Å². The van der Waals surface area contributed by atoms with Crippen LogP contribution in [0, 0.1) is 0 Å². The van der Waals surface area contributed by atoms with Gasteiger partial charge in [-0.15, -0.1) is 0 Å². The van der Waals surface area contributed by atoms with E-state index in [0.29, 0.717) is 6.54 Å². The molecule has 2 heterocycles. The van der Waals surface area contributed by atoms with Crippen LogP contribution in [0.15, 0.2) is 29.3 Å². The Balaban J connectivity index is 1.53. The van der Waals surface area contributed by atoms with Gasteiger partial charge in [0.1, 0.15) is 0 Å². The van der Waals surface area contributed by atoms with Crippen LogP contribution in [0.3, 0.4) is 0 Å². The Hall–Kier alpha value is -1.24. The smallest absolute Gasteiger partial charge is 0.191 e. The van der Waals surface area contributed by atoms with Crippen molar-refractivity contribution in [3.05, 3.63) is 35.4 Å². The van der Waals surface area contributed by atoms with Crippen LogP contribution in [0.1, 0.15) is 30.9 Å². The molecular weight excluding hydrogens is 344 g/mol. The lowest BCUT2D eigenvalue weighted by Crippen LogP contribution is -2.40. The summed E-state index contributed by atoms with van der Waals surface area (Å²) in [5, 5.41) is 7.61. The number of thioether (sulfide) groups is 1. The molecule has 2 fully saturated rings. The molecule has 1 atom stereocenters. The van der Waals surface area contributed by atoms with Gasteiger partial charge in [-0.3, -0.25) is 4.90 Å². The van der Waals surface area contributed by atoms with E-state index in [1.54, 1.807) is 0 Å². The average Bonchev–Trinajstić information content (AvgIpc) is 3.19. The van der Waals surface area contributed by atoms with E-state index in [1.807, 2.05) is 0 Å². The molecule has 26 heavy (non-hydrogen) atoms. The highest BCUT2D eigenvalue weighted by atomic mass is 32.2. The van der Waals surface area contributed by atoms with Crippen molar-refractivity contribution in [2.75, 3.05) is 45.1 Å². The number of aliphatic imine (C=N–C) groups is 1. The van der Waals surface area contributed by atoms with Crippen molar-refractivity contribution < 1.29 is 4.74 Å². The van der Waals surface area contributed by atoms with Gasteiger partial charge in [-0.1, -0.05) is 24.3 Å². The minimum absolute atomic E-state index is 0.712. The topological polar surface area (TPSA) is 48.9 Å². The molecule has 2 aliphatic heterocycles. The number of rotatable bonds is 7. The van der Waals surface area contributed by atoms with Gasteiger partial charge in [-0.25, -0.2) is 4.99 Å². The Labute approximate surface area is 162 Å². The summed E-state index contributed by atoms with van der Waals surface area (Å²) in [6.45, 7) is 9.47. The van der Waals surface area contributed by atoms with Crippen LogP contribution in [0.4, 0.5) is 0 Å². The first-order valence-corrected chi connectivity index (χ1v) is 10.9. The summed E-state index contributed by atoms with van der Waals surface area (Å²) in [6.07, 6.45) is 2.67. The van der Waals surface area contributed by atoms with E-state index < -0.39 is 0 Å². The molecule has 2 N–H and O–H groups in total. The van der Waals surface area contributed by atoms with Crippen LogP contribution in [0.2, 0.25) is 0 Å². The monoisotopic (exact) mass is 376 g/mol. The van der Waals surface area contributed by atoms with Gasteiger partial charge in [-0.05, 0) is 36.6 Å². The second-order valence-corrected chi connectivity index (χ2v) is 8.33. The Morgan fingerprint density at radius 3 is 2.88 bits per heavy atom. The fraction of sp³-hybridized carbons (Fsp3) is 0.650. The molecule has 1 aromatic rings. The summed E-state index contributed by atoms with van der Waals surface area (Å²) >= 11 is 2.08. The second-order valence-electron chi connectivity index (χ2n) is 6.92. The predicted octanol–water partition coefficient (Wildman–Crippen LogP) is 2.47. The number of hydrogen-bond donors (Lipinski definition) is 2. The predicted molar refractivity (Wildman–Crippen MR) is 111 cm³/mol. The molecule has 0 saturated carbocycles. The zero-order valence-corrected chi connectivity index (χ0v) is 16.7. The van der Waals surface area contributed by atoms with Gasteiger partial charge in [-0.2, -0.15) is 11.8 Å². The van der Waals surface area contributed by atoms with Gasteiger partial charge < -0.3 is 15.4 Å². The first-order valence-electron chi connectivity index (χ1n) is 9.85. The summed E-state index contributed by atoms with van der Waals surface area (Å²) in [4.78, 5) is 7.24. The number of ether oxygens (including phenoxy) is 1. The van der Waals surface area contributed by atoms with Crippen LogP contribution < -0.4 is 10.6 Å². The van der Waals surface area contributed by atoms with Gasteiger partial charge in [0.25, 0.3) is 0 Å². The zero-order chi connectivity index (χ0) is 18.0. The molecule has 2 saturated heterocycles. The second kappa shape index (κ2) is 10.8. The fourth-order valence-electron chi connectivity index (χ4n) is 3.37. The van der Waals surface area contributed by atoms with Crippen molar-refractivity contribution in [1.29, 1.82) is 0 Å². The number of morpholine rings is 1. The lowest BCUT2D eigenvalue weighted by Gasteiger charge is -2.26. The van der Waals surface area contributed by atoms with Crippen molar-refractivity contribution in [1.82, 2.24) is 15.5 Å². The molecular formula is C20H32N4OS. The first kappa shape index (κ1) is 19.5. The number of hydrogen-bond acceptors (Lipinski definition) is 4. The lowest BCUT2D eigenvalue weighted by molar-refractivity contribution is 0.0342. The summed E-state index contributed by atoms with van der Waals surface area (Å²) in [5.74, 6) is 2.23. The molecule has 6 heteroatoms. The van der Waals surface area contributed by atoms with Gasteiger partial charge in [0.2, 0.25) is 0 Å². The van der Waals surface area contributed by atoms with E-state index in [9.17, 15) is 0 Å². The summed E-state index contributed by atoms with van der Waals surface area (Å²) in [5.41, 5.74) is 2.63. The number of nitrogens with one attached hydrogen (secondary N) is 2. The quantitative estimate of drug-likeness (QED) is 0.566. The number of benzene rings is 1. The third-order valence-corrected chi connectivity index (χ3v) is 6.18. The van der Waals surface area contributed by atoms with E-state index in [-0.39, 0.29) is 0 Å². The standard InChI is InChI=1S/C20H32N4OS/c1-2-21-20(23-15-19-7-4-12-26-19)22-14-17-5-3-6-18(13-17)16-24-8-10-25-11-9-24/h3,5-6,13,19H,2,4,7-12,14-16H2,1H3,(H2,21,22,23). The summed E-state index contributed by atoms with van der Waals surface area (Å²) in [7, 11) is 0. The third-order valence-electron chi connectivity index (χ3n) is 4.79. The molecule has 0 radical (unpaired) electrons. The van der Waals surface area contributed by atoms with Crippen molar-refractivity contribution in [2.45, 2.75) is 38.1 Å². The van der Waals surface area contributed by atoms with Crippen LogP contribution >= 0.6 is 11.8 Å². The molecule has 1 aromatic carbocycles. The van der Waals surface area contributed by atoms with E-state index in [2.05, 4.69) is 58.5 Å². The van der Waals surface area contributed by atoms with Crippen molar-refractivity contribution in [2.24, 2.45) is 4.99 Å². The maximum absolute atomic E-state index is 5.43.